The summed E-state index contributed by atoms with van der Waals surface area (Å²) in [5.74, 6) is 5.54. The molecule has 0 bridgehead atoms. The highest BCUT2D eigenvalue weighted by molar-refractivity contribution is 7.14. The lowest BCUT2D eigenvalue weighted by Gasteiger charge is -2.36. The summed E-state index contributed by atoms with van der Waals surface area (Å²) in [5, 5.41) is 8.65. The van der Waals surface area contributed by atoms with Crippen molar-refractivity contribution in [1.29, 1.82) is 0 Å². The zero-order chi connectivity index (χ0) is 13.9. The molecule has 0 radical (unpaired) electrons. The van der Waals surface area contributed by atoms with E-state index in [0.29, 0.717) is 5.41 Å². The molecule has 0 aromatic carbocycles. The molecule has 0 saturated carbocycles. The topological polar surface area (TPSA) is 40.5 Å². The van der Waals surface area contributed by atoms with E-state index in [9.17, 15) is 4.79 Å². The molecule has 1 aliphatic rings. The number of carbonyl (C=O) groups is 1. The highest BCUT2D eigenvalue weighted by Gasteiger charge is 2.28. The third-order valence-corrected chi connectivity index (χ3v) is 4.50. The molecule has 0 unspecified atom stereocenters. The van der Waals surface area contributed by atoms with Crippen LogP contribution in [-0.2, 0) is 0 Å². The number of thiophene rings is 1. The fourth-order valence-electron chi connectivity index (χ4n) is 2.12. The van der Waals surface area contributed by atoms with Crippen molar-refractivity contribution in [3.63, 3.8) is 0 Å². The molecule has 4 heteroatoms. The van der Waals surface area contributed by atoms with Gasteiger partial charge in [0.05, 0.1) is 9.75 Å². The predicted molar refractivity (Wildman–Crippen MR) is 77.2 cm³/mol. The smallest absolute Gasteiger partial charge is 0.263 e. The van der Waals surface area contributed by atoms with Crippen LogP contribution >= 0.6 is 11.3 Å². The molecule has 19 heavy (non-hydrogen) atoms. The van der Waals surface area contributed by atoms with Crippen molar-refractivity contribution in [2.75, 3.05) is 19.7 Å². The van der Waals surface area contributed by atoms with E-state index in [4.69, 9.17) is 5.11 Å². The Balaban J connectivity index is 2.02. The lowest BCUT2D eigenvalue weighted by Crippen LogP contribution is -2.40. The quantitative estimate of drug-likeness (QED) is 0.801. The Bertz CT molecular complexity index is 512. The summed E-state index contributed by atoms with van der Waals surface area (Å²) in [7, 11) is 0. The Morgan fingerprint density at radius 3 is 2.74 bits per heavy atom. The largest absolute Gasteiger partial charge is 0.384 e. The van der Waals surface area contributed by atoms with E-state index in [2.05, 4.69) is 25.7 Å². The summed E-state index contributed by atoms with van der Waals surface area (Å²) < 4.78 is 0. The van der Waals surface area contributed by atoms with Gasteiger partial charge in [-0.05, 0) is 30.4 Å². The maximum atomic E-state index is 12.3. The van der Waals surface area contributed by atoms with Crippen LogP contribution < -0.4 is 0 Å². The molecule has 1 aliphatic heterocycles. The van der Waals surface area contributed by atoms with Gasteiger partial charge in [-0.3, -0.25) is 4.79 Å². The monoisotopic (exact) mass is 277 g/mol. The minimum absolute atomic E-state index is 0.109. The lowest BCUT2D eigenvalue weighted by atomic mass is 9.82. The Labute approximate surface area is 118 Å². The number of amides is 1. The first-order chi connectivity index (χ1) is 9.02. The number of rotatable bonds is 1. The molecule has 3 nitrogen and oxygen atoms in total. The predicted octanol–water partition coefficient (Wildman–Crippen LogP) is 2.35. The van der Waals surface area contributed by atoms with Crippen molar-refractivity contribution in [2.24, 2.45) is 5.41 Å². The van der Waals surface area contributed by atoms with Gasteiger partial charge in [0, 0.05) is 13.1 Å². The number of hydrogen-bond acceptors (Lipinski definition) is 3. The van der Waals surface area contributed by atoms with Crippen LogP contribution in [0.4, 0.5) is 0 Å². The molecular weight excluding hydrogens is 258 g/mol. The first-order valence-electron chi connectivity index (χ1n) is 6.51. The Hall–Kier alpha value is -1.31. The minimum Gasteiger partial charge on any atom is -0.384 e. The molecule has 1 aromatic heterocycles. The van der Waals surface area contributed by atoms with Gasteiger partial charge in [0.1, 0.15) is 6.61 Å². The number of aliphatic hydroxyl groups excluding tert-OH is 1. The average molecular weight is 277 g/mol. The van der Waals surface area contributed by atoms with Crippen LogP contribution in [0.5, 0.6) is 0 Å². The van der Waals surface area contributed by atoms with Crippen LogP contribution in [0.15, 0.2) is 12.1 Å². The summed E-state index contributed by atoms with van der Waals surface area (Å²) in [6.45, 7) is 6.02. The Morgan fingerprint density at radius 1 is 1.42 bits per heavy atom. The van der Waals surface area contributed by atoms with Crippen molar-refractivity contribution >= 4 is 17.2 Å². The lowest BCUT2D eigenvalue weighted by molar-refractivity contribution is 0.0635. The van der Waals surface area contributed by atoms with Gasteiger partial charge in [0.15, 0.2) is 0 Å². The fraction of sp³-hybridized carbons (Fsp3) is 0.533. The first kappa shape index (κ1) is 14.1. The maximum absolute atomic E-state index is 12.3. The molecule has 0 atom stereocenters. The normalized spacial score (nSPS) is 17.7. The van der Waals surface area contributed by atoms with Gasteiger partial charge in [-0.1, -0.05) is 25.7 Å². The summed E-state index contributed by atoms with van der Waals surface area (Å²) in [6.07, 6.45) is 2.11. The molecule has 1 fully saturated rings. The van der Waals surface area contributed by atoms with E-state index >= 15 is 0 Å². The van der Waals surface area contributed by atoms with Crippen LogP contribution in [0.3, 0.4) is 0 Å². The minimum atomic E-state index is -0.150. The van der Waals surface area contributed by atoms with Crippen LogP contribution in [0, 0.1) is 17.3 Å². The second kappa shape index (κ2) is 5.77. The van der Waals surface area contributed by atoms with E-state index in [-0.39, 0.29) is 12.5 Å². The SMILES string of the molecule is CC1(C)CCN(C(=O)c2ccc(C#CCO)s2)CC1. The number of hydrogen-bond donors (Lipinski definition) is 1. The molecule has 1 saturated heterocycles. The summed E-state index contributed by atoms with van der Waals surface area (Å²) in [6, 6.07) is 3.67. The van der Waals surface area contributed by atoms with Crippen molar-refractivity contribution < 1.29 is 9.90 Å². The van der Waals surface area contributed by atoms with E-state index in [1.165, 1.54) is 11.3 Å². The summed E-state index contributed by atoms with van der Waals surface area (Å²) >= 11 is 1.40. The highest BCUT2D eigenvalue weighted by atomic mass is 32.1. The second-order valence-electron chi connectivity index (χ2n) is 5.58. The van der Waals surface area contributed by atoms with E-state index in [1.54, 1.807) is 0 Å². The van der Waals surface area contributed by atoms with Gasteiger partial charge in [0.25, 0.3) is 5.91 Å². The van der Waals surface area contributed by atoms with Crippen LogP contribution in [-0.4, -0.2) is 35.6 Å². The van der Waals surface area contributed by atoms with Crippen LogP contribution in [0.2, 0.25) is 0 Å². The molecule has 0 spiro atoms. The standard InChI is InChI=1S/C15H19NO2S/c1-15(2)7-9-16(10-8-15)14(18)13-6-5-12(19-13)4-3-11-17/h5-6,17H,7-11H2,1-2H3. The van der Waals surface area contributed by atoms with Crippen LogP contribution in [0.25, 0.3) is 0 Å². The third-order valence-electron chi connectivity index (χ3n) is 3.51. The molecule has 1 aromatic rings. The number of aliphatic hydroxyl groups is 1. The third kappa shape index (κ3) is 3.59. The molecular formula is C15H19NO2S. The first-order valence-corrected chi connectivity index (χ1v) is 7.32. The Kier molecular flexibility index (Phi) is 4.28. The number of piperidine rings is 1. The Morgan fingerprint density at radius 2 is 2.11 bits per heavy atom. The zero-order valence-electron chi connectivity index (χ0n) is 11.4. The maximum Gasteiger partial charge on any atom is 0.263 e. The number of carbonyl (C=O) groups excluding carboxylic acids is 1. The van der Waals surface area contributed by atoms with Crippen LogP contribution in [0.1, 0.15) is 41.2 Å². The fourth-order valence-corrected chi connectivity index (χ4v) is 2.97. The summed E-state index contributed by atoms with van der Waals surface area (Å²) in [5.41, 5.74) is 0.351. The molecule has 2 rings (SSSR count). The molecule has 102 valence electrons. The number of nitrogens with zero attached hydrogens (tertiary/aromatic N) is 1. The van der Waals surface area contributed by atoms with Crippen molar-refractivity contribution in [3.05, 3.63) is 21.9 Å². The van der Waals surface area contributed by atoms with E-state index in [1.807, 2.05) is 17.0 Å². The highest BCUT2D eigenvalue weighted by Crippen LogP contribution is 2.30. The molecule has 2 heterocycles. The van der Waals surface area contributed by atoms with Crippen molar-refractivity contribution in [3.8, 4) is 11.8 Å². The second-order valence-corrected chi connectivity index (χ2v) is 6.66. The average Bonchev–Trinajstić information content (AvgIpc) is 2.84. The summed E-state index contributed by atoms with van der Waals surface area (Å²) in [4.78, 5) is 15.8. The molecule has 0 aliphatic carbocycles. The van der Waals surface area contributed by atoms with Crippen molar-refractivity contribution in [2.45, 2.75) is 26.7 Å². The zero-order valence-corrected chi connectivity index (χ0v) is 12.2. The van der Waals surface area contributed by atoms with Gasteiger partial charge >= 0.3 is 0 Å². The van der Waals surface area contributed by atoms with Gasteiger partial charge in [-0.15, -0.1) is 11.3 Å². The molecule has 1 amide bonds. The number of likely N-dealkylation sites (tertiary alicyclic amines) is 1. The van der Waals surface area contributed by atoms with Crippen molar-refractivity contribution in [1.82, 2.24) is 4.90 Å². The van der Waals surface area contributed by atoms with Gasteiger partial charge in [-0.2, -0.15) is 0 Å². The van der Waals surface area contributed by atoms with Gasteiger partial charge < -0.3 is 10.0 Å². The van der Waals surface area contributed by atoms with E-state index < -0.39 is 0 Å². The van der Waals surface area contributed by atoms with Gasteiger partial charge in [-0.25, -0.2) is 0 Å². The van der Waals surface area contributed by atoms with Gasteiger partial charge in [0.2, 0.25) is 0 Å². The van der Waals surface area contributed by atoms with E-state index in [0.717, 1.165) is 35.7 Å². The molecule has 1 N–H and O–H groups in total.